The lowest BCUT2D eigenvalue weighted by atomic mass is 10.0. The number of imidazole rings is 1. The van der Waals surface area contributed by atoms with Crippen LogP contribution < -0.4 is 5.32 Å². The van der Waals surface area contributed by atoms with Crippen molar-refractivity contribution >= 4 is 6.03 Å². The number of rotatable bonds is 6. The first kappa shape index (κ1) is 17.5. The van der Waals surface area contributed by atoms with E-state index in [0.29, 0.717) is 13.0 Å². The largest absolute Gasteiger partial charge is 0.393 e. The molecule has 1 heterocycles. The van der Waals surface area contributed by atoms with Crippen LogP contribution in [0.4, 0.5) is 4.79 Å². The number of aromatic amines is 1. The van der Waals surface area contributed by atoms with Gasteiger partial charge in [-0.3, -0.25) is 0 Å². The van der Waals surface area contributed by atoms with E-state index in [1.807, 2.05) is 30.3 Å². The molecule has 3 rings (SSSR count). The normalized spacial score (nSPS) is 21.0. The van der Waals surface area contributed by atoms with Crippen LogP contribution in [0.25, 0.3) is 0 Å². The Bertz CT molecular complexity index is 659. The average molecular weight is 342 g/mol. The Balaban J connectivity index is 1.65. The van der Waals surface area contributed by atoms with Crippen molar-refractivity contribution in [3.8, 4) is 0 Å². The molecule has 0 aliphatic heterocycles. The maximum atomic E-state index is 12.7. The zero-order chi connectivity index (χ0) is 17.6. The zero-order valence-corrected chi connectivity index (χ0v) is 14.6. The van der Waals surface area contributed by atoms with Gasteiger partial charge in [0.1, 0.15) is 5.82 Å². The van der Waals surface area contributed by atoms with Crippen molar-refractivity contribution in [2.24, 2.45) is 5.92 Å². The Morgan fingerprint density at radius 2 is 2.20 bits per heavy atom. The van der Waals surface area contributed by atoms with Crippen LogP contribution in [0.5, 0.6) is 0 Å². The lowest BCUT2D eigenvalue weighted by Gasteiger charge is -2.26. The van der Waals surface area contributed by atoms with E-state index < -0.39 is 0 Å². The molecule has 6 nitrogen and oxygen atoms in total. The molecule has 3 unspecified atom stereocenters. The lowest BCUT2D eigenvalue weighted by Crippen LogP contribution is -2.43. The predicted molar refractivity (Wildman–Crippen MR) is 96.0 cm³/mol. The summed E-state index contributed by atoms with van der Waals surface area (Å²) >= 11 is 0. The third-order valence-corrected chi connectivity index (χ3v) is 4.93. The standard InChI is InChI=1S/C19H26N4O2/c1-23(13-15-8-5-9-17(15)24)19(25)22-16(12-18-20-10-11-21-18)14-6-3-2-4-7-14/h2-4,6-7,10-11,15-17,24H,5,8-9,12-13H2,1H3,(H,20,21)(H,22,25). The van der Waals surface area contributed by atoms with Crippen LogP contribution in [0.1, 0.15) is 36.7 Å². The summed E-state index contributed by atoms with van der Waals surface area (Å²) in [4.78, 5) is 21.7. The highest BCUT2D eigenvalue weighted by molar-refractivity contribution is 5.74. The third-order valence-electron chi connectivity index (χ3n) is 4.93. The second-order valence-electron chi connectivity index (χ2n) is 6.79. The number of aromatic nitrogens is 2. The molecule has 6 heteroatoms. The Morgan fingerprint density at radius 1 is 1.40 bits per heavy atom. The Labute approximate surface area is 148 Å². The van der Waals surface area contributed by atoms with Gasteiger partial charge < -0.3 is 20.3 Å². The van der Waals surface area contributed by atoms with Crippen molar-refractivity contribution in [1.29, 1.82) is 0 Å². The molecule has 1 aromatic carbocycles. The van der Waals surface area contributed by atoms with Gasteiger partial charge in [-0.25, -0.2) is 9.78 Å². The maximum Gasteiger partial charge on any atom is 0.317 e. The van der Waals surface area contributed by atoms with E-state index >= 15 is 0 Å². The molecule has 2 amide bonds. The van der Waals surface area contributed by atoms with Gasteiger partial charge >= 0.3 is 6.03 Å². The SMILES string of the molecule is CN(CC1CCCC1O)C(=O)NC(Cc1ncc[nH]1)c1ccccc1. The summed E-state index contributed by atoms with van der Waals surface area (Å²) in [5, 5.41) is 13.1. The first-order chi connectivity index (χ1) is 12.1. The minimum Gasteiger partial charge on any atom is -0.393 e. The molecule has 1 fully saturated rings. The van der Waals surface area contributed by atoms with Crippen LogP contribution >= 0.6 is 0 Å². The molecule has 3 N–H and O–H groups in total. The minimum atomic E-state index is -0.289. The number of nitrogens with zero attached hydrogens (tertiary/aromatic N) is 2. The Hall–Kier alpha value is -2.34. The van der Waals surface area contributed by atoms with Gasteiger partial charge in [0.25, 0.3) is 0 Å². The topological polar surface area (TPSA) is 81.2 Å². The van der Waals surface area contributed by atoms with Crippen molar-refractivity contribution in [3.63, 3.8) is 0 Å². The van der Waals surface area contributed by atoms with Crippen molar-refractivity contribution < 1.29 is 9.90 Å². The second kappa shape index (κ2) is 8.16. The molecule has 2 aromatic rings. The molecular weight excluding hydrogens is 316 g/mol. The number of nitrogens with one attached hydrogen (secondary N) is 2. The highest BCUT2D eigenvalue weighted by Crippen LogP contribution is 2.26. The van der Waals surface area contributed by atoms with Crippen LogP contribution in [-0.2, 0) is 6.42 Å². The van der Waals surface area contributed by atoms with E-state index in [4.69, 9.17) is 0 Å². The van der Waals surface area contributed by atoms with Crippen LogP contribution in [0.15, 0.2) is 42.7 Å². The Kier molecular flexibility index (Phi) is 5.71. The molecular formula is C19H26N4O2. The first-order valence-electron chi connectivity index (χ1n) is 8.86. The number of hydrogen-bond donors (Lipinski definition) is 3. The van der Waals surface area contributed by atoms with Gasteiger partial charge in [0.05, 0.1) is 12.1 Å². The van der Waals surface area contributed by atoms with E-state index in [9.17, 15) is 9.90 Å². The number of H-pyrrole nitrogens is 1. The van der Waals surface area contributed by atoms with Crippen LogP contribution in [-0.4, -0.2) is 45.7 Å². The fourth-order valence-corrected chi connectivity index (χ4v) is 3.46. The highest BCUT2D eigenvalue weighted by Gasteiger charge is 2.28. The predicted octanol–water partition coefficient (Wildman–Crippen LogP) is 2.50. The number of benzene rings is 1. The number of aliphatic hydroxyl groups excluding tert-OH is 1. The van der Waals surface area contributed by atoms with E-state index in [0.717, 1.165) is 30.7 Å². The molecule has 1 aliphatic rings. The van der Waals surface area contributed by atoms with E-state index in [2.05, 4.69) is 15.3 Å². The Morgan fingerprint density at radius 3 is 2.84 bits per heavy atom. The lowest BCUT2D eigenvalue weighted by molar-refractivity contribution is 0.113. The molecule has 134 valence electrons. The summed E-state index contributed by atoms with van der Waals surface area (Å²) in [7, 11) is 1.79. The molecule has 0 saturated heterocycles. The van der Waals surface area contributed by atoms with Gasteiger partial charge in [-0.05, 0) is 18.4 Å². The van der Waals surface area contributed by atoms with Crippen molar-refractivity contribution in [1.82, 2.24) is 20.2 Å². The van der Waals surface area contributed by atoms with Crippen LogP contribution in [0, 0.1) is 5.92 Å². The van der Waals surface area contributed by atoms with Gasteiger partial charge in [0, 0.05) is 38.3 Å². The average Bonchev–Trinajstić information content (AvgIpc) is 3.27. The maximum absolute atomic E-state index is 12.7. The fourth-order valence-electron chi connectivity index (χ4n) is 3.46. The molecule has 1 aromatic heterocycles. The highest BCUT2D eigenvalue weighted by atomic mass is 16.3. The van der Waals surface area contributed by atoms with Crippen molar-refractivity contribution in [3.05, 3.63) is 54.1 Å². The number of amides is 2. The number of aliphatic hydroxyl groups is 1. The summed E-state index contributed by atoms with van der Waals surface area (Å²) in [5.74, 6) is 1.01. The zero-order valence-electron chi connectivity index (χ0n) is 14.6. The fraction of sp³-hybridized carbons (Fsp3) is 0.474. The van der Waals surface area contributed by atoms with Crippen molar-refractivity contribution in [2.45, 2.75) is 37.8 Å². The van der Waals surface area contributed by atoms with Crippen LogP contribution in [0.2, 0.25) is 0 Å². The van der Waals surface area contributed by atoms with Gasteiger partial charge in [-0.2, -0.15) is 0 Å². The molecule has 3 atom stereocenters. The molecule has 0 radical (unpaired) electrons. The summed E-state index contributed by atoms with van der Waals surface area (Å²) in [5.41, 5.74) is 1.04. The van der Waals surface area contributed by atoms with E-state index in [-0.39, 0.29) is 24.1 Å². The molecule has 1 saturated carbocycles. The van der Waals surface area contributed by atoms with Crippen LogP contribution in [0.3, 0.4) is 0 Å². The number of hydrogen-bond acceptors (Lipinski definition) is 3. The van der Waals surface area contributed by atoms with E-state index in [1.54, 1.807) is 24.3 Å². The number of carbonyl (C=O) groups excluding carboxylic acids is 1. The minimum absolute atomic E-state index is 0.125. The third kappa shape index (κ3) is 4.60. The summed E-state index contributed by atoms with van der Waals surface area (Å²) < 4.78 is 0. The van der Waals surface area contributed by atoms with Gasteiger partial charge in [-0.1, -0.05) is 36.8 Å². The summed E-state index contributed by atoms with van der Waals surface area (Å²) in [6, 6.07) is 9.63. The van der Waals surface area contributed by atoms with Gasteiger partial charge in [-0.15, -0.1) is 0 Å². The van der Waals surface area contributed by atoms with Gasteiger partial charge in [0.15, 0.2) is 0 Å². The molecule has 0 bridgehead atoms. The molecule has 1 aliphatic carbocycles. The molecule has 0 spiro atoms. The number of urea groups is 1. The smallest absolute Gasteiger partial charge is 0.317 e. The second-order valence-corrected chi connectivity index (χ2v) is 6.79. The van der Waals surface area contributed by atoms with Crippen molar-refractivity contribution in [2.75, 3.05) is 13.6 Å². The van der Waals surface area contributed by atoms with E-state index in [1.165, 1.54) is 0 Å². The number of carbonyl (C=O) groups is 1. The summed E-state index contributed by atoms with van der Waals surface area (Å²) in [6.45, 7) is 0.579. The first-order valence-corrected chi connectivity index (χ1v) is 8.86. The quantitative estimate of drug-likeness (QED) is 0.754. The summed E-state index contributed by atoms with van der Waals surface area (Å²) in [6.07, 6.45) is 6.66. The monoisotopic (exact) mass is 342 g/mol. The molecule has 25 heavy (non-hydrogen) atoms. The van der Waals surface area contributed by atoms with Gasteiger partial charge in [0.2, 0.25) is 0 Å².